The molecule has 2 aromatic heterocycles. The molecule has 30 heavy (non-hydrogen) atoms. The first-order valence-electron chi connectivity index (χ1n) is 9.31. The highest BCUT2D eigenvalue weighted by Gasteiger charge is 2.20. The van der Waals surface area contributed by atoms with Gasteiger partial charge in [0.1, 0.15) is 25.0 Å². The van der Waals surface area contributed by atoms with Gasteiger partial charge >= 0.3 is 0 Å². The van der Waals surface area contributed by atoms with Crippen LogP contribution in [0.15, 0.2) is 41.7 Å². The number of rotatable bonds is 11. The molecule has 1 aromatic carbocycles. The molecule has 1 amide bonds. The molecule has 2 heterocycles. The van der Waals surface area contributed by atoms with E-state index in [1.54, 1.807) is 24.0 Å². The summed E-state index contributed by atoms with van der Waals surface area (Å²) in [5, 5.41) is 6.95. The lowest BCUT2D eigenvalue weighted by Crippen LogP contribution is -2.26. The molecule has 0 aliphatic rings. The van der Waals surface area contributed by atoms with Gasteiger partial charge in [0.15, 0.2) is 17.8 Å². The molecule has 0 radical (unpaired) electrons. The third-order valence-electron chi connectivity index (χ3n) is 4.00. The van der Waals surface area contributed by atoms with Crippen molar-refractivity contribution in [2.75, 3.05) is 19.8 Å². The van der Waals surface area contributed by atoms with Crippen molar-refractivity contribution in [3.05, 3.63) is 48.0 Å². The lowest BCUT2D eigenvalue weighted by Gasteiger charge is -2.13. The van der Waals surface area contributed by atoms with Crippen LogP contribution >= 0.6 is 11.6 Å². The fraction of sp³-hybridized carbons (Fsp3) is 0.368. The Morgan fingerprint density at radius 1 is 1.43 bits per heavy atom. The first-order chi connectivity index (χ1) is 14.6. The molecule has 0 aliphatic heterocycles. The zero-order valence-corrected chi connectivity index (χ0v) is 17.0. The average Bonchev–Trinajstić information content (AvgIpc) is 3.43. The van der Waals surface area contributed by atoms with Crippen LogP contribution in [0.25, 0.3) is 11.3 Å². The van der Waals surface area contributed by atoms with Gasteiger partial charge in [-0.3, -0.25) is 9.48 Å². The molecule has 3 aromatic rings. The molecule has 1 unspecified atom stereocenters. The van der Waals surface area contributed by atoms with E-state index in [0.717, 1.165) is 0 Å². The molecular formula is C19H21ClFN5O4. The van der Waals surface area contributed by atoms with Crippen LogP contribution in [-0.4, -0.2) is 51.8 Å². The van der Waals surface area contributed by atoms with Gasteiger partial charge < -0.3 is 19.2 Å². The predicted octanol–water partition coefficient (Wildman–Crippen LogP) is 3.12. The summed E-state index contributed by atoms with van der Waals surface area (Å²) in [6.45, 7) is 3.00. The van der Waals surface area contributed by atoms with Crippen molar-refractivity contribution in [2.45, 2.75) is 26.2 Å². The van der Waals surface area contributed by atoms with E-state index in [9.17, 15) is 9.18 Å². The second-order valence-electron chi connectivity index (χ2n) is 6.13. The van der Waals surface area contributed by atoms with E-state index < -0.39 is 6.36 Å². The highest BCUT2D eigenvalue weighted by molar-refractivity contribution is 6.32. The van der Waals surface area contributed by atoms with Gasteiger partial charge in [0.25, 0.3) is 12.3 Å². The zero-order chi connectivity index (χ0) is 21.3. The fourth-order valence-corrected chi connectivity index (χ4v) is 2.83. The van der Waals surface area contributed by atoms with Crippen LogP contribution in [0.3, 0.4) is 0 Å². The number of alkyl halides is 1. The van der Waals surface area contributed by atoms with E-state index in [-0.39, 0.29) is 34.7 Å². The van der Waals surface area contributed by atoms with Crippen LogP contribution in [-0.2, 0) is 11.3 Å². The molecule has 1 N–H and O–H groups in total. The molecule has 3 rings (SSSR count). The highest BCUT2D eigenvalue weighted by Crippen LogP contribution is 2.32. The van der Waals surface area contributed by atoms with Crippen LogP contribution in [0, 0.1) is 0 Å². The zero-order valence-electron chi connectivity index (χ0n) is 16.3. The number of halogens is 2. The molecule has 0 saturated heterocycles. The normalized spacial score (nSPS) is 12.0. The quantitative estimate of drug-likeness (QED) is 0.460. The van der Waals surface area contributed by atoms with E-state index in [0.29, 0.717) is 31.7 Å². The summed E-state index contributed by atoms with van der Waals surface area (Å²) in [6.07, 6.45) is 3.27. The van der Waals surface area contributed by atoms with Crippen molar-refractivity contribution in [2.24, 2.45) is 0 Å². The minimum Gasteiger partial charge on any atom is -0.456 e. The predicted molar refractivity (Wildman–Crippen MR) is 106 cm³/mol. The molecule has 0 saturated carbocycles. The standard InChI is InChI=1S/C19H21ClFN5O4/c1-2-28-9-16(21)30-15-5-4-13(8-14(15)20)18-17(24-12-29-18)19(27)23-6-3-7-26-11-22-10-25-26/h4-5,8,10-12,16H,2-3,6-7,9H2,1H3,(H,23,27)/i21-1. The SMILES string of the molecule is CCOCC([18F])Oc1ccc(-c2ocnc2C(=O)NCCCn2cncn2)cc1Cl. The smallest absolute Gasteiger partial charge is 0.273 e. The first-order valence-corrected chi connectivity index (χ1v) is 9.68. The fourth-order valence-electron chi connectivity index (χ4n) is 2.61. The lowest BCUT2D eigenvalue weighted by atomic mass is 10.1. The summed E-state index contributed by atoms with van der Waals surface area (Å²) in [4.78, 5) is 20.3. The van der Waals surface area contributed by atoms with E-state index in [4.69, 9.17) is 25.5 Å². The molecule has 9 nitrogen and oxygen atoms in total. The van der Waals surface area contributed by atoms with Crippen LogP contribution in [0.5, 0.6) is 5.75 Å². The van der Waals surface area contributed by atoms with Gasteiger partial charge in [-0.1, -0.05) is 11.6 Å². The Labute approximate surface area is 177 Å². The maximum Gasteiger partial charge on any atom is 0.273 e. The van der Waals surface area contributed by atoms with E-state index >= 15 is 0 Å². The molecule has 160 valence electrons. The van der Waals surface area contributed by atoms with Crippen molar-refractivity contribution in [3.63, 3.8) is 0 Å². The molecule has 0 fully saturated rings. The van der Waals surface area contributed by atoms with Crippen LogP contribution in [0.1, 0.15) is 23.8 Å². The Morgan fingerprint density at radius 2 is 2.30 bits per heavy atom. The van der Waals surface area contributed by atoms with Crippen molar-refractivity contribution >= 4 is 17.5 Å². The Balaban J connectivity index is 1.60. The third-order valence-corrected chi connectivity index (χ3v) is 4.30. The summed E-state index contributed by atoms with van der Waals surface area (Å²) in [5.41, 5.74) is 0.637. The summed E-state index contributed by atoms with van der Waals surface area (Å²) >= 11 is 6.20. The summed E-state index contributed by atoms with van der Waals surface area (Å²) in [7, 11) is 0. The second kappa shape index (κ2) is 10.7. The summed E-state index contributed by atoms with van der Waals surface area (Å²) in [5.74, 6) is 0.0314. The van der Waals surface area contributed by atoms with Crippen molar-refractivity contribution < 1.29 is 23.1 Å². The number of carbonyl (C=O) groups is 1. The van der Waals surface area contributed by atoms with E-state index in [2.05, 4.69) is 20.4 Å². The number of hydrogen-bond donors (Lipinski definition) is 1. The Bertz CT molecular complexity index is 950. The van der Waals surface area contributed by atoms with E-state index in [1.807, 2.05) is 0 Å². The molecule has 0 spiro atoms. The molecule has 11 heteroatoms. The highest BCUT2D eigenvalue weighted by atomic mass is 35.5. The van der Waals surface area contributed by atoms with Gasteiger partial charge in [0.05, 0.1) is 5.02 Å². The Kier molecular flexibility index (Phi) is 7.75. The van der Waals surface area contributed by atoms with Crippen molar-refractivity contribution in [1.82, 2.24) is 25.1 Å². The number of aromatic nitrogens is 4. The van der Waals surface area contributed by atoms with E-state index in [1.165, 1.54) is 24.9 Å². The number of amides is 1. The van der Waals surface area contributed by atoms with Crippen LogP contribution in [0.2, 0.25) is 5.02 Å². The number of oxazole rings is 1. The lowest BCUT2D eigenvalue weighted by molar-refractivity contribution is -0.0180. The molecule has 0 aliphatic carbocycles. The third kappa shape index (κ3) is 5.77. The van der Waals surface area contributed by atoms with Crippen molar-refractivity contribution in [1.29, 1.82) is 0 Å². The van der Waals surface area contributed by atoms with Gasteiger partial charge in [-0.15, -0.1) is 0 Å². The largest absolute Gasteiger partial charge is 0.456 e. The van der Waals surface area contributed by atoms with Crippen molar-refractivity contribution in [3.8, 4) is 17.1 Å². The summed E-state index contributed by atoms with van der Waals surface area (Å²) in [6, 6.07) is 4.63. The molecule has 1 atom stereocenters. The average molecular weight is 437 g/mol. The number of aryl methyl sites for hydroxylation is 1. The van der Waals surface area contributed by atoms with Crippen LogP contribution in [0.4, 0.5) is 4.39 Å². The molecular weight excluding hydrogens is 416 g/mol. The minimum atomic E-state index is -1.64. The number of ether oxygens (including phenoxy) is 2. The van der Waals surface area contributed by atoms with Gasteiger partial charge in [-0.2, -0.15) is 9.49 Å². The summed E-state index contributed by atoms with van der Waals surface area (Å²) < 4.78 is 30.9. The maximum absolute atomic E-state index is 13.7. The number of carbonyl (C=O) groups excluding carboxylic acids is 1. The topological polar surface area (TPSA) is 104 Å². The second-order valence-corrected chi connectivity index (χ2v) is 6.54. The van der Waals surface area contributed by atoms with Gasteiger partial charge in [-0.05, 0) is 31.5 Å². The number of hydrogen-bond acceptors (Lipinski definition) is 7. The Hall–Kier alpha value is -2.98. The van der Waals surface area contributed by atoms with Gasteiger partial charge in [0, 0.05) is 25.3 Å². The molecule has 0 bridgehead atoms. The minimum absolute atomic E-state index is 0.125. The maximum atomic E-state index is 13.7. The van der Waals surface area contributed by atoms with Gasteiger partial charge in [-0.25, -0.2) is 9.97 Å². The van der Waals surface area contributed by atoms with Crippen LogP contribution < -0.4 is 10.1 Å². The number of benzene rings is 1. The Morgan fingerprint density at radius 3 is 3.03 bits per heavy atom. The number of nitrogens with zero attached hydrogens (tertiary/aromatic N) is 4. The first kappa shape index (κ1) is 21.7. The monoisotopic (exact) mass is 436 g/mol. The number of nitrogens with one attached hydrogen (secondary N) is 1. The van der Waals surface area contributed by atoms with Gasteiger partial charge in [0.2, 0.25) is 0 Å².